The molecule has 0 bridgehead atoms. The van der Waals surface area contributed by atoms with Crippen LogP contribution < -0.4 is 15.4 Å². The lowest BCUT2D eigenvalue weighted by molar-refractivity contribution is -0.127. The van der Waals surface area contributed by atoms with Gasteiger partial charge < -0.3 is 15.4 Å². The number of carbonyl (C=O) groups is 2. The first kappa shape index (κ1) is 17.0. The molecule has 0 aliphatic carbocycles. The van der Waals surface area contributed by atoms with Crippen molar-refractivity contribution in [2.75, 3.05) is 13.2 Å². The lowest BCUT2D eigenvalue weighted by Gasteiger charge is -2.08. The molecule has 0 heterocycles. The third kappa shape index (κ3) is 5.81. The predicted octanol–water partition coefficient (Wildman–Crippen LogP) is 1.37. The Balaban J connectivity index is 1.67. The summed E-state index contributed by atoms with van der Waals surface area (Å²) < 4.78 is 5.28. The van der Waals surface area contributed by atoms with Gasteiger partial charge in [0.1, 0.15) is 5.75 Å². The van der Waals surface area contributed by atoms with Gasteiger partial charge in [0.25, 0.3) is 5.91 Å². The molecule has 0 saturated carbocycles. The van der Waals surface area contributed by atoms with Crippen LogP contribution in [0.5, 0.6) is 5.75 Å². The highest BCUT2D eigenvalue weighted by Gasteiger charge is 2.06. The van der Waals surface area contributed by atoms with Crippen molar-refractivity contribution < 1.29 is 14.3 Å². The second kappa shape index (κ2) is 8.96. The van der Waals surface area contributed by atoms with Crippen molar-refractivity contribution in [2.45, 2.75) is 6.54 Å². The van der Waals surface area contributed by atoms with Crippen molar-refractivity contribution in [3.8, 4) is 11.8 Å². The zero-order valence-electron chi connectivity index (χ0n) is 13.0. The van der Waals surface area contributed by atoms with Crippen LogP contribution in [0.15, 0.2) is 54.6 Å². The normalized spacial score (nSPS) is 9.62. The van der Waals surface area contributed by atoms with Crippen molar-refractivity contribution in [3.63, 3.8) is 0 Å². The van der Waals surface area contributed by atoms with Crippen molar-refractivity contribution in [3.05, 3.63) is 65.7 Å². The van der Waals surface area contributed by atoms with Gasteiger partial charge in [-0.3, -0.25) is 9.59 Å². The first-order valence-corrected chi connectivity index (χ1v) is 7.37. The van der Waals surface area contributed by atoms with Crippen LogP contribution in [0.1, 0.15) is 11.1 Å². The molecule has 122 valence electrons. The number of carbonyl (C=O) groups excluding carboxylic acids is 2. The van der Waals surface area contributed by atoms with Crippen LogP contribution in [-0.4, -0.2) is 25.0 Å². The van der Waals surface area contributed by atoms with Gasteiger partial charge >= 0.3 is 0 Å². The molecule has 0 spiro atoms. The van der Waals surface area contributed by atoms with Gasteiger partial charge in [-0.2, -0.15) is 5.26 Å². The summed E-state index contributed by atoms with van der Waals surface area (Å²) in [6.45, 7) is 0.0151. The number of hydrogen-bond donors (Lipinski definition) is 2. The van der Waals surface area contributed by atoms with E-state index >= 15 is 0 Å². The number of ether oxygens (including phenoxy) is 1. The van der Waals surface area contributed by atoms with Crippen molar-refractivity contribution in [2.24, 2.45) is 0 Å². The number of rotatable bonds is 7. The zero-order chi connectivity index (χ0) is 17.2. The summed E-state index contributed by atoms with van der Waals surface area (Å²) in [5.41, 5.74) is 1.36. The monoisotopic (exact) mass is 323 g/mol. The minimum atomic E-state index is -0.375. The molecule has 2 N–H and O–H groups in total. The predicted molar refractivity (Wildman–Crippen MR) is 88.0 cm³/mol. The van der Waals surface area contributed by atoms with Gasteiger partial charge in [0.05, 0.1) is 18.2 Å². The van der Waals surface area contributed by atoms with Crippen molar-refractivity contribution in [1.29, 1.82) is 5.26 Å². The molecule has 0 atom stereocenters. The smallest absolute Gasteiger partial charge is 0.258 e. The van der Waals surface area contributed by atoms with Gasteiger partial charge in [-0.05, 0) is 29.8 Å². The first-order chi connectivity index (χ1) is 11.7. The van der Waals surface area contributed by atoms with E-state index < -0.39 is 0 Å². The molecule has 24 heavy (non-hydrogen) atoms. The highest BCUT2D eigenvalue weighted by Crippen LogP contribution is 2.07. The number of para-hydroxylation sites is 1. The summed E-state index contributed by atoms with van der Waals surface area (Å²) in [7, 11) is 0. The van der Waals surface area contributed by atoms with E-state index in [1.54, 1.807) is 30.3 Å². The Bertz CT molecular complexity index is 739. The Hall–Kier alpha value is -3.33. The van der Waals surface area contributed by atoms with Gasteiger partial charge in [-0.1, -0.05) is 30.3 Å². The molecule has 2 amide bonds. The Morgan fingerprint density at radius 1 is 1.00 bits per heavy atom. The average Bonchev–Trinajstić information content (AvgIpc) is 2.64. The number of nitrogens with zero attached hydrogens (tertiary/aromatic N) is 1. The number of benzene rings is 2. The van der Waals surface area contributed by atoms with Gasteiger partial charge in [-0.25, -0.2) is 0 Å². The van der Waals surface area contributed by atoms with Crippen molar-refractivity contribution >= 4 is 11.8 Å². The maximum atomic E-state index is 11.7. The number of nitrogens with one attached hydrogen (secondary N) is 2. The van der Waals surface area contributed by atoms with Crippen LogP contribution >= 0.6 is 0 Å². The van der Waals surface area contributed by atoms with E-state index in [0.29, 0.717) is 17.9 Å². The highest BCUT2D eigenvalue weighted by atomic mass is 16.5. The zero-order valence-corrected chi connectivity index (χ0v) is 13.0. The summed E-state index contributed by atoms with van der Waals surface area (Å²) in [4.78, 5) is 23.3. The molecule has 0 fully saturated rings. The molecule has 2 rings (SSSR count). The molecule has 0 radical (unpaired) electrons. The number of hydrogen-bond acceptors (Lipinski definition) is 4. The number of nitriles is 1. The fourth-order valence-electron chi connectivity index (χ4n) is 1.91. The maximum absolute atomic E-state index is 11.7. The number of amides is 2. The van der Waals surface area contributed by atoms with Crippen LogP contribution in [0.4, 0.5) is 0 Å². The molecule has 0 aliphatic heterocycles. The van der Waals surface area contributed by atoms with E-state index in [2.05, 4.69) is 10.6 Å². The molecule has 6 nitrogen and oxygen atoms in total. The molecular formula is C18H17N3O3. The van der Waals surface area contributed by atoms with E-state index in [4.69, 9.17) is 10.00 Å². The molecule has 6 heteroatoms. The molecule has 0 saturated heterocycles. The Labute approximate surface area is 140 Å². The Kier molecular flexibility index (Phi) is 6.35. The molecule has 2 aromatic carbocycles. The molecule has 0 unspecified atom stereocenters. The second-order valence-electron chi connectivity index (χ2n) is 4.97. The fraction of sp³-hybridized carbons (Fsp3) is 0.167. The van der Waals surface area contributed by atoms with E-state index in [1.165, 1.54) is 0 Å². The molecular weight excluding hydrogens is 306 g/mol. The molecule has 2 aromatic rings. The topological polar surface area (TPSA) is 91.2 Å². The van der Waals surface area contributed by atoms with Gasteiger partial charge in [0, 0.05) is 6.54 Å². The standard InChI is InChI=1S/C18H17N3O3/c19-10-14-5-4-6-15(9-14)11-20-17(22)12-21-18(23)13-24-16-7-2-1-3-8-16/h1-9H,11-13H2,(H,20,22)(H,21,23). The molecule has 0 aromatic heterocycles. The average molecular weight is 323 g/mol. The van der Waals surface area contributed by atoms with E-state index in [1.807, 2.05) is 30.3 Å². The second-order valence-corrected chi connectivity index (χ2v) is 4.97. The SMILES string of the molecule is N#Cc1cccc(CNC(=O)CNC(=O)COc2ccccc2)c1. The summed E-state index contributed by atoms with van der Waals surface area (Å²) in [6.07, 6.45) is 0. The van der Waals surface area contributed by atoms with Crippen LogP contribution in [-0.2, 0) is 16.1 Å². The van der Waals surface area contributed by atoms with Crippen molar-refractivity contribution in [1.82, 2.24) is 10.6 Å². The largest absolute Gasteiger partial charge is 0.484 e. The molecule has 0 aliphatic rings. The third-order valence-electron chi connectivity index (χ3n) is 3.11. The summed E-state index contributed by atoms with van der Waals surface area (Å²) in [5.74, 6) is -0.0969. The Morgan fingerprint density at radius 3 is 2.54 bits per heavy atom. The van der Waals surface area contributed by atoms with E-state index in [-0.39, 0.29) is 25.0 Å². The minimum absolute atomic E-state index is 0.130. The fourth-order valence-corrected chi connectivity index (χ4v) is 1.91. The van der Waals surface area contributed by atoms with E-state index in [0.717, 1.165) is 5.56 Å². The highest BCUT2D eigenvalue weighted by molar-refractivity contribution is 5.85. The van der Waals surface area contributed by atoms with Crippen LogP contribution in [0, 0.1) is 11.3 Å². The van der Waals surface area contributed by atoms with Gasteiger partial charge in [0.2, 0.25) is 5.91 Å². The Morgan fingerprint density at radius 2 is 1.79 bits per heavy atom. The van der Waals surface area contributed by atoms with Crippen LogP contribution in [0.3, 0.4) is 0 Å². The van der Waals surface area contributed by atoms with Crippen LogP contribution in [0.25, 0.3) is 0 Å². The summed E-state index contributed by atoms with van der Waals surface area (Å²) in [5, 5.41) is 14.0. The minimum Gasteiger partial charge on any atom is -0.484 e. The lowest BCUT2D eigenvalue weighted by atomic mass is 10.1. The quantitative estimate of drug-likeness (QED) is 0.805. The third-order valence-corrected chi connectivity index (χ3v) is 3.11. The van der Waals surface area contributed by atoms with Gasteiger partial charge in [0.15, 0.2) is 6.61 Å². The van der Waals surface area contributed by atoms with Crippen LogP contribution in [0.2, 0.25) is 0 Å². The summed E-state index contributed by atoms with van der Waals surface area (Å²) in [6, 6.07) is 18.0. The lowest BCUT2D eigenvalue weighted by Crippen LogP contribution is -2.38. The van der Waals surface area contributed by atoms with E-state index in [9.17, 15) is 9.59 Å². The first-order valence-electron chi connectivity index (χ1n) is 7.37. The van der Waals surface area contributed by atoms with Gasteiger partial charge in [-0.15, -0.1) is 0 Å². The maximum Gasteiger partial charge on any atom is 0.258 e. The summed E-state index contributed by atoms with van der Waals surface area (Å²) >= 11 is 0.